The van der Waals surface area contributed by atoms with Gasteiger partial charge < -0.3 is 15.5 Å². The fraction of sp³-hybridized carbons (Fsp3) is 0.227. The topological polar surface area (TPSA) is 78.5 Å². The molecule has 0 bridgehead atoms. The lowest BCUT2D eigenvalue weighted by atomic mass is 10.1. The molecule has 0 aromatic heterocycles. The molecule has 6 nitrogen and oxygen atoms in total. The first kappa shape index (κ1) is 20.9. The van der Waals surface area contributed by atoms with Crippen molar-refractivity contribution in [1.29, 1.82) is 0 Å². The number of carbonyl (C=O) groups is 3. The Morgan fingerprint density at radius 2 is 1.57 bits per heavy atom. The Kier molecular flexibility index (Phi) is 7.51. The van der Waals surface area contributed by atoms with Crippen molar-refractivity contribution in [3.8, 4) is 0 Å². The van der Waals surface area contributed by atoms with E-state index in [4.69, 9.17) is 0 Å². The summed E-state index contributed by atoms with van der Waals surface area (Å²) in [7, 11) is 0. The lowest BCUT2D eigenvalue weighted by molar-refractivity contribution is -0.130. The number of benzene rings is 2. The molecule has 0 aliphatic carbocycles. The zero-order chi connectivity index (χ0) is 20.5. The van der Waals surface area contributed by atoms with Gasteiger partial charge in [0.1, 0.15) is 6.54 Å². The normalized spacial score (nSPS) is 10.5. The molecule has 0 spiro atoms. The first-order valence-electron chi connectivity index (χ1n) is 9.09. The van der Waals surface area contributed by atoms with Crippen molar-refractivity contribution in [3.63, 3.8) is 0 Å². The van der Waals surface area contributed by atoms with E-state index >= 15 is 0 Å². The molecule has 0 heterocycles. The second-order valence-corrected chi connectivity index (χ2v) is 6.35. The first-order chi connectivity index (χ1) is 13.4. The van der Waals surface area contributed by atoms with Gasteiger partial charge in [0.15, 0.2) is 0 Å². The molecule has 0 fully saturated rings. The molecule has 0 saturated heterocycles. The van der Waals surface area contributed by atoms with Crippen LogP contribution in [0.4, 0.5) is 11.4 Å². The zero-order valence-corrected chi connectivity index (χ0v) is 16.4. The van der Waals surface area contributed by atoms with E-state index in [9.17, 15) is 14.4 Å². The van der Waals surface area contributed by atoms with E-state index < -0.39 is 0 Å². The van der Waals surface area contributed by atoms with Crippen molar-refractivity contribution in [1.82, 2.24) is 4.90 Å². The molecule has 0 aliphatic heterocycles. The van der Waals surface area contributed by atoms with E-state index in [1.165, 1.54) is 17.9 Å². The Balaban J connectivity index is 1.94. The van der Waals surface area contributed by atoms with Crippen LogP contribution >= 0.6 is 0 Å². The molecule has 0 unspecified atom stereocenters. The zero-order valence-electron chi connectivity index (χ0n) is 16.4. The van der Waals surface area contributed by atoms with Crippen LogP contribution in [0.5, 0.6) is 0 Å². The average Bonchev–Trinajstić information content (AvgIpc) is 2.66. The highest BCUT2D eigenvalue weighted by Gasteiger charge is 2.13. The summed E-state index contributed by atoms with van der Waals surface area (Å²) in [6.07, 6.45) is 3.25. The Morgan fingerprint density at radius 1 is 0.964 bits per heavy atom. The number of nitrogens with one attached hydrogen (secondary N) is 2. The van der Waals surface area contributed by atoms with E-state index in [1.807, 2.05) is 38.1 Å². The number of hydrogen-bond donors (Lipinski definition) is 2. The smallest absolute Gasteiger partial charge is 0.247 e. The van der Waals surface area contributed by atoms with Gasteiger partial charge in [-0.2, -0.15) is 0 Å². The lowest BCUT2D eigenvalue weighted by Crippen LogP contribution is -2.36. The van der Waals surface area contributed by atoms with Crippen molar-refractivity contribution < 1.29 is 14.4 Å². The molecule has 2 N–H and O–H groups in total. The van der Waals surface area contributed by atoms with Crippen LogP contribution in [0.15, 0.2) is 54.6 Å². The summed E-state index contributed by atoms with van der Waals surface area (Å²) in [6, 6.07) is 14.6. The minimum Gasteiger partial charge on any atom is -0.330 e. The van der Waals surface area contributed by atoms with E-state index in [0.29, 0.717) is 17.9 Å². The van der Waals surface area contributed by atoms with E-state index in [2.05, 4.69) is 10.6 Å². The number of rotatable bonds is 7. The molecule has 2 aromatic rings. The molecule has 2 aromatic carbocycles. The van der Waals surface area contributed by atoms with E-state index in [0.717, 1.165) is 11.1 Å². The fourth-order valence-corrected chi connectivity index (χ4v) is 2.60. The number of amides is 3. The highest BCUT2D eigenvalue weighted by molar-refractivity contribution is 5.98. The highest BCUT2D eigenvalue weighted by Crippen LogP contribution is 2.14. The van der Waals surface area contributed by atoms with Crippen molar-refractivity contribution in [3.05, 3.63) is 65.7 Å². The molecule has 6 heteroatoms. The monoisotopic (exact) mass is 379 g/mol. The lowest BCUT2D eigenvalue weighted by Gasteiger charge is -2.18. The second-order valence-electron chi connectivity index (χ2n) is 6.35. The van der Waals surface area contributed by atoms with E-state index in [1.54, 1.807) is 30.3 Å². The molecule has 28 heavy (non-hydrogen) atoms. The van der Waals surface area contributed by atoms with Crippen molar-refractivity contribution in [2.24, 2.45) is 0 Å². The summed E-state index contributed by atoms with van der Waals surface area (Å²) in [4.78, 5) is 37.2. The molecular weight excluding hydrogens is 354 g/mol. The molecule has 0 atom stereocenters. The van der Waals surface area contributed by atoms with Gasteiger partial charge in [-0.05, 0) is 55.3 Å². The van der Waals surface area contributed by atoms with Gasteiger partial charge in [-0.1, -0.05) is 24.3 Å². The van der Waals surface area contributed by atoms with Crippen LogP contribution in [-0.4, -0.2) is 35.7 Å². The van der Waals surface area contributed by atoms with Gasteiger partial charge in [-0.25, -0.2) is 0 Å². The molecule has 3 amide bonds. The van der Waals surface area contributed by atoms with Crippen LogP contribution in [0.1, 0.15) is 25.0 Å². The number of carbonyl (C=O) groups excluding carboxylic acids is 3. The van der Waals surface area contributed by atoms with Gasteiger partial charge >= 0.3 is 0 Å². The van der Waals surface area contributed by atoms with Crippen molar-refractivity contribution >= 4 is 35.2 Å². The van der Waals surface area contributed by atoms with Crippen LogP contribution in [0.25, 0.3) is 6.08 Å². The van der Waals surface area contributed by atoms with Crippen molar-refractivity contribution in [2.75, 3.05) is 23.7 Å². The predicted octanol–water partition coefficient (Wildman–Crippen LogP) is 3.45. The quantitative estimate of drug-likeness (QED) is 0.723. The Labute approximate surface area is 165 Å². The maximum absolute atomic E-state index is 12.4. The maximum Gasteiger partial charge on any atom is 0.247 e. The minimum absolute atomic E-state index is 0.0408. The number of likely N-dealkylation sites (N-methyl/N-ethyl adjacent to an activating group) is 1. The van der Waals surface area contributed by atoms with Gasteiger partial charge in [0.05, 0.1) is 0 Å². The van der Waals surface area contributed by atoms with Gasteiger partial charge in [-0.15, -0.1) is 0 Å². The summed E-state index contributed by atoms with van der Waals surface area (Å²) < 4.78 is 0. The molecule has 0 radical (unpaired) electrons. The largest absolute Gasteiger partial charge is 0.330 e. The Bertz CT molecular complexity index is 873. The third-order valence-electron chi connectivity index (χ3n) is 4.11. The predicted molar refractivity (Wildman–Crippen MR) is 112 cm³/mol. The van der Waals surface area contributed by atoms with Gasteiger partial charge in [-0.3, -0.25) is 14.4 Å². The summed E-state index contributed by atoms with van der Waals surface area (Å²) in [5.74, 6) is -0.665. The first-order valence-corrected chi connectivity index (χ1v) is 9.09. The number of anilines is 2. The average molecular weight is 379 g/mol. The van der Waals surface area contributed by atoms with Crippen LogP contribution in [0.2, 0.25) is 0 Å². The van der Waals surface area contributed by atoms with Crippen LogP contribution in [0, 0.1) is 6.92 Å². The molecule has 0 saturated carbocycles. The number of hydrogen-bond acceptors (Lipinski definition) is 3. The fourth-order valence-electron chi connectivity index (χ4n) is 2.60. The van der Waals surface area contributed by atoms with Crippen molar-refractivity contribution in [2.45, 2.75) is 20.8 Å². The Morgan fingerprint density at radius 3 is 2.14 bits per heavy atom. The third-order valence-corrected chi connectivity index (χ3v) is 4.11. The standard InChI is InChI=1S/C22H25N3O3/c1-4-25(22(28)14-9-18-8-6-5-7-16(18)2)15-21(27)24-20-12-10-19(11-13-20)23-17(3)26/h5-14H,4,15H2,1-3H3,(H,23,26)(H,24,27). The summed E-state index contributed by atoms with van der Waals surface area (Å²) in [5.41, 5.74) is 3.29. The number of nitrogens with zero attached hydrogens (tertiary/aromatic N) is 1. The van der Waals surface area contributed by atoms with Gasteiger partial charge in [0.2, 0.25) is 17.7 Å². The second kappa shape index (κ2) is 10.1. The molecule has 2 rings (SSSR count). The maximum atomic E-state index is 12.4. The van der Waals surface area contributed by atoms with E-state index in [-0.39, 0.29) is 24.3 Å². The summed E-state index contributed by atoms with van der Waals surface area (Å²) in [6.45, 7) is 5.62. The SMILES string of the molecule is CCN(CC(=O)Nc1ccc(NC(C)=O)cc1)C(=O)C=Cc1ccccc1C. The molecule has 0 aliphatic rings. The van der Waals surface area contributed by atoms with Crippen LogP contribution < -0.4 is 10.6 Å². The molecular formula is C22H25N3O3. The highest BCUT2D eigenvalue weighted by atomic mass is 16.2. The minimum atomic E-state index is -0.285. The third kappa shape index (κ3) is 6.39. The van der Waals surface area contributed by atoms with Crippen LogP contribution in [0.3, 0.4) is 0 Å². The summed E-state index contributed by atoms with van der Waals surface area (Å²) >= 11 is 0. The number of aryl methyl sites for hydroxylation is 1. The molecule has 146 valence electrons. The van der Waals surface area contributed by atoms with Gasteiger partial charge in [0.25, 0.3) is 0 Å². The van der Waals surface area contributed by atoms with Crippen LogP contribution in [-0.2, 0) is 14.4 Å². The summed E-state index contributed by atoms with van der Waals surface area (Å²) in [5, 5.41) is 5.42. The van der Waals surface area contributed by atoms with Gasteiger partial charge in [0, 0.05) is 30.9 Å². The Hall–Kier alpha value is -3.41.